The quantitative estimate of drug-likeness (QED) is 0.532. The largest absolute Gasteiger partial charge is 0.492 e. The Morgan fingerprint density at radius 1 is 1.26 bits per heavy atom. The van der Waals surface area contributed by atoms with E-state index in [4.69, 9.17) is 16.3 Å². The lowest BCUT2D eigenvalue weighted by molar-refractivity contribution is -0.130. The standard InChI is InChI=1S/C18H21BrClNO2/c19-15-7-8-17(16(20)10-15)23-9-3-6-18(22)21-11-13-4-1-2-5-14(13)12-21/h1-2,7-8,10,13-14H,3-6,9,11-12H2. The smallest absolute Gasteiger partial charge is 0.222 e. The van der Waals surface area contributed by atoms with Crippen LogP contribution in [0.1, 0.15) is 25.7 Å². The van der Waals surface area contributed by atoms with E-state index in [0.29, 0.717) is 35.6 Å². The van der Waals surface area contributed by atoms with Crippen LogP contribution in [0.15, 0.2) is 34.8 Å². The molecule has 2 aliphatic rings. The Morgan fingerprint density at radius 3 is 2.61 bits per heavy atom. The number of hydrogen-bond donors (Lipinski definition) is 0. The molecule has 1 heterocycles. The fourth-order valence-electron chi connectivity index (χ4n) is 3.37. The van der Waals surface area contributed by atoms with Crippen molar-refractivity contribution >= 4 is 33.4 Å². The van der Waals surface area contributed by atoms with Crippen LogP contribution in [0.25, 0.3) is 0 Å². The average Bonchev–Trinajstić information content (AvgIpc) is 2.97. The van der Waals surface area contributed by atoms with Crippen molar-refractivity contribution in [3.05, 3.63) is 39.8 Å². The maximum atomic E-state index is 12.3. The molecule has 0 N–H and O–H groups in total. The number of nitrogens with zero attached hydrogens (tertiary/aromatic N) is 1. The molecule has 2 atom stereocenters. The molecule has 2 unspecified atom stereocenters. The minimum atomic E-state index is 0.255. The number of hydrogen-bond acceptors (Lipinski definition) is 2. The van der Waals surface area contributed by atoms with Gasteiger partial charge in [-0.05, 0) is 49.3 Å². The van der Waals surface area contributed by atoms with E-state index in [9.17, 15) is 4.79 Å². The lowest BCUT2D eigenvalue weighted by atomic mass is 9.86. The topological polar surface area (TPSA) is 29.5 Å². The summed E-state index contributed by atoms with van der Waals surface area (Å²) >= 11 is 9.47. The van der Waals surface area contributed by atoms with Gasteiger partial charge in [0.1, 0.15) is 5.75 Å². The molecule has 1 aliphatic heterocycles. The predicted molar refractivity (Wildman–Crippen MR) is 95.8 cm³/mol. The molecule has 124 valence electrons. The first-order valence-corrected chi connectivity index (χ1v) is 9.31. The molecule has 1 amide bonds. The number of fused-ring (bicyclic) bond motifs is 1. The summed E-state index contributed by atoms with van der Waals surface area (Å²) in [6.45, 7) is 2.36. The molecule has 0 bridgehead atoms. The van der Waals surface area contributed by atoms with Crippen molar-refractivity contribution < 1.29 is 9.53 Å². The third kappa shape index (κ3) is 4.30. The Morgan fingerprint density at radius 2 is 1.96 bits per heavy atom. The van der Waals surface area contributed by atoms with Gasteiger partial charge >= 0.3 is 0 Å². The summed E-state index contributed by atoms with van der Waals surface area (Å²) in [5.74, 6) is 2.26. The number of amides is 1. The Labute approximate surface area is 150 Å². The van der Waals surface area contributed by atoms with Gasteiger partial charge in [-0.1, -0.05) is 39.7 Å². The molecule has 0 aromatic heterocycles. The van der Waals surface area contributed by atoms with Gasteiger partial charge in [0.2, 0.25) is 5.91 Å². The number of halogens is 2. The normalized spacial score (nSPS) is 23.0. The molecule has 1 aromatic rings. The van der Waals surface area contributed by atoms with E-state index in [1.54, 1.807) is 0 Å². The lowest BCUT2D eigenvalue weighted by Crippen LogP contribution is -2.29. The van der Waals surface area contributed by atoms with Gasteiger partial charge in [0.25, 0.3) is 0 Å². The molecule has 23 heavy (non-hydrogen) atoms. The second-order valence-electron chi connectivity index (χ2n) is 6.29. The van der Waals surface area contributed by atoms with E-state index in [1.165, 1.54) is 0 Å². The van der Waals surface area contributed by atoms with Gasteiger partial charge in [0.05, 0.1) is 11.6 Å². The van der Waals surface area contributed by atoms with Crippen LogP contribution >= 0.6 is 27.5 Å². The van der Waals surface area contributed by atoms with Gasteiger partial charge in [-0.3, -0.25) is 4.79 Å². The van der Waals surface area contributed by atoms with Gasteiger partial charge in [-0.25, -0.2) is 0 Å². The molecule has 0 saturated carbocycles. The molecular weight excluding hydrogens is 378 g/mol. The summed E-state index contributed by atoms with van der Waals surface area (Å²) in [7, 11) is 0. The van der Waals surface area contributed by atoms with Gasteiger partial charge < -0.3 is 9.64 Å². The van der Waals surface area contributed by atoms with Gasteiger partial charge in [0, 0.05) is 24.0 Å². The van der Waals surface area contributed by atoms with E-state index < -0.39 is 0 Å². The molecule has 1 saturated heterocycles. The van der Waals surface area contributed by atoms with Crippen LogP contribution in [-0.2, 0) is 4.79 Å². The van der Waals surface area contributed by atoms with Crippen molar-refractivity contribution in [1.29, 1.82) is 0 Å². The molecule has 0 radical (unpaired) electrons. The zero-order chi connectivity index (χ0) is 16.2. The third-order valence-electron chi connectivity index (χ3n) is 4.66. The zero-order valence-corrected chi connectivity index (χ0v) is 15.4. The van der Waals surface area contributed by atoms with Crippen LogP contribution in [0.4, 0.5) is 0 Å². The second-order valence-corrected chi connectivity index (χ2v) is 7.61. The number of likely N-dealkylation sites (tertiary alicyclic amines) is 1. The predicted octanol–water partition coefficient (Wildman–Crippen LogP) is 4.69. The molecular formula is C18H21BrClNO2. The van der Waals surface area contributed by atoms with Crippen LogP contribution < -0.4 is 4.74 Å². The van der Waals surface area contributed by atoms with Gasteiger partial charge in [-0.2, -0.15) is 0 Å². The molecule has 3 nitrogen and oxygen atoms in total. The molecule has 1 fully saturated rings. The van der Waals surface area contributed by atoms with Crippen molar-refractivity contribution in [1.82, 2.24) is 4.90 Å². The Balaban J connectivity index is 1.40. The van der Waals surface area contributed by atoms with Crippen molar-refractivity contribution in [2.24, 2.45) is 11.8 Å². The van der Waals surface area contributed by atoms with Crippen molar-refractivity contribution in [2.75, 3.05) is 19.7 Å². The number of rotatable bonds is 5. The number of carbonyl (C=O) groups is 1. The van der Waals surface area contributed by atoms with Crippen LogP contribution in [0, 0.1) is 11.8 Å². The molecule has 3 rings (SSSR count). The summed E-state index contributed by atoms with van der Waals surface area (Å²) in [6, 6.07) is 5.54. The fourth-order valence-corrected chi connectivity index (χ4v) is 4.10. The first-order chi connectivity index (χ1) is 11.1. The third-order valence-corrected chi connectivity index (χ3v) is 5.45. The summed E-state index contributed by atoms with van der Waals surface area (Å²) in [5, 5.41) is 0.585. The minimum absolute atomic E-state index is 0.255. The van der Waals surface area contributed by atoms with E-state index >= 15 is 0 Å². The summed E-state index contributed by atoms with van der Waals surface area (Å²) < 4.78 is 6.59. The van der Waals surface area contributed by atoms with E-state index in [-0.39, 0.29) is 5.91 Å². The first-order valence-electron chi connectivity index (χ1n) is 8.14. The molecule has 1 aliphatic carbocycles. The first kappa shape index (κ1) is 16.8. The van der Waals surface area contributed by atoms with Crippen LogP contribution in [0.2, 0.25) is 5.02 Å². The number of benzene rings is 1. The highest BCUT2D eigenvalue weighted by atomic mass is 79.9. The number of allylic oxidation sites excluding steroid dienone is 2. The molecule has 0 spiro atoms. The summed E-state index contributed by atoms with van der Waals surface area (Å²) in [5.41, 5.74) is 0. The Hall–Kier alpha value is -1.00. The van der Waals surface area contributed by atoms with Gasteiger partial charge in [0.15, 0.2) is 0 Å². The van der Waals surface area contributed by atoms with Crippen LogP contribution in [0.3, 0.4) is 0 Å². The maximum Gasteiger partial charge on any atom is 0.222 e. The summed E-state index contributed by atoms with van der Waals surface area (Å²) in [6.07, 6.45) is 8.02. The lowest BCUT2D eigenvalue weighted by Gasteiger charge is -2.17. The SMILES string of the molecule is O=C(CCCOc1ccc(Br)cc1Cl)N1CC2CC=CCC2C1. The monoisotopic (exact) mass is 397 g/mol. The highest BCUT2D eigenvalue weighted by Crippen LogP contribution is 2.33. The highest BCUT2D eigenvalue weighted by molar-refractivity contribution is 9.10. The minimum Gasteiger partial charge on any atom is -0.492 e. The van der Waals surface area contributed by atoms with Crippen LogP contribution in [0.5, 0.6) is 5.75 Å². The number of ether oxygens (including phenoxy) is 1. The van der Waals surface area contributed by atoms with E-state index in [0.717, 1.165) is 36.8 Å². The van der Waals surface area contributed by atoms with E-state index in [1.807, 2.05) is 23.1 Å². The van der Waals surface area contributed by atoms with Crippen molar-refractivity contribution in [3.8, 4) is 5.75 Å². The maximum absolute atomic E-state index is 12.3. The second kappa shape index (κ2) is 7.71. The van der Waals surface area contributed by atoms with E-state index in [2.05, 4.69) is 28.1 Å². The van der Waals surface area contributed by atoms with Gasteiger partial charge in [-0.15, -0.1) is 0 Å². The highest BCUT2D eigenvalue weighted by Gasteiger charge is 2.34. The Bertz CT molecular complexity index is 589. The molecule has 1 aromatic carbocycles. The fraction of sp³-hybridized carbons (Fsp3) is 0.500. The van der Waals surface area contributed by atoms with Crippen LogP contribution in [-0.4, -0.2) is 30.5 Å². The van der Waals surface area contributed by atoms with Crippen molar-refractivity contribution in [2.45, 2.75) is 25.7 Å². The average molecular weight is 399 g/mol. The van der Waals surface area contributed by atoms with Crippen molar-refractivity contribution in [3.63, 3.8) is 0 Å². The zero-order valence-electron chi connectivity index (χ0n) is 13.0. The molecule has 5 heteroatoms. The summed E-state index contributed by atoms with van der Waals surface area (Å²) in [4.78, 5) is 14.4. The number of carbonyl (C=O) groups excluding carboxylic acids is 1. The Kier molecular flexibility index (Phi) is 5.65.